The Hall–Kier alpha value is -1.08. The highest BCUT2D eigenvalue weighted by Gasteiger charge is 2.30. The molecule has 23 heavy (non-hydrogen) atoms. The van der Waals surface area contributed by atoms with Gasteiger partial charge in [-0.05, 0) is 48.4 Å². The minimum absolute atomic E-state index is 0.220. The monoisotopic (exact) mass is 371 g/mol. The second kappa shape index (κ2) is 6.81. The maximum absolute atomic E-state index is 12.8. The first-order valence-electron chi connectivity index (χ1n) is 7.39. The molecule has 0 aliphatic carbocycles. The molecule has 2 heterocycles. The van der Waals surface area contributed by atoms with E-state index in [2.05, 4.69) is 11.4 Å². The fraction of sp³-hybridized carbons (Fsp3) is 0.375. The highest BCUT2D eigenvalue weighted by molar-refractivity contribution is 7.89. The van der Waals surface area contributed by atoms with Crippen LogP contribution in [0.5, 0.6) is 5.75 Å². The molecule has 124 valence electrons. The van der Waals surface area contributed by atoms with Gasteiger partial charge in [-0.1, -0.05) is 17.7 Å². The van der Waals surface area contributed by atoms with Crippen LogP contribution in [0.3, 0.4) is 0 Å². The van der Waals surface area contributed by atoms with E-state index in [0.717, 1.165) is 12.8 Å². The first-order valence-corrected chi connectivity index (χ1v) is 10.1. The molecule has 4 nitrogen and oxygen atoms in total. The van der Waals surface area contributed by atoms with Crippen LogP contribution < -0.4 is 4.74 Å². The van der Waals surface area contributed by atoms with Gasteiger partial charge in [0.05, 0.1) is 17.0 Å². The first kappa shape index (κ1) is 16.8. The predicted molar refractivity (Wildman–Crippen MR) is 93.1 cm³/mol. The lowest BCUT2D eigenvalue weighted by Crippen LogP contribution is -2.37. The molecule has 1 aliphatic heterocycles. The fourth-order valence-corrected chi connectivity index (χ4v) is 5.58. The Bertz CT molecular complexity index is 767. The summed E-state index contributed by atoms with van der Waals surface area (Å²) < 4.78 is 32.1. The first-order chi connectivity index (χ1) is 11.0. The van der Waals surface area contributed by atoms with Crippen molar-refractivity contribution in [1.29, 1.82) is 0 Å². The van der Waals surface area contributed by atoms with Crippen LogP contribution in [-0.4, -0.2) is 32.9 Å². The second-order valence-corrected chi connectivity index (χ2v) is 8.81. The van der Waals surface area contributed by atoms with E-state index in [4.69, 9.17) is 16.3 Å². The number of benzene rings is 1. The number of rotatable bonds is 4. The van der Waals surface area contributed by atoms with Gasteiger partial charge in [0.25, 0.3) is 0 Å². The summed E-state index contributed by atoms with van der Waals surface area (Å²) in [7, 11) is -2.00. The van der Waals surface area contributed by atoms with Crippen LogP contribution in [0.1, 0.15) is 23.6 Å². The molecule has 0 saturated carbocycles. The van der Waals surface area contributed by atoms with Crippen molar-refractivity contribution in [2.45, 2.75) is 23.7 Å². The van der Waals surface area contributed by atoms with E-state index in [9.17, 15) is 8.42 Å². The molecule has 0 unspecified atom stereocenters. The van der Waals surface area contributed by atoms with Crippen molar-refractivity contribution in [2.75, 3.05) is 20.2 Å². The van der Waals surface area contributed by atoms with E-state index in [1.807, 2.05) is 6.07 Å². The number of ether oxygens (including phenoxy) is 1. The lowest BCUT2D eigenvalue weighted by atomic mass is 9.97. The van der Waals surface area contributed by atoms with Gasteiger partial charge >= 0.3 is 0 Å². The Kier molecular flexibility index (Phi) is 4.96. The molecular formula is C16H18ClNO3S2. The van der Waals surface area contributed by atoms with Gasteiger partial charge in [-0.15, -0.1) is 11.3 Å². The zero-order chi connectivity index (χ0) is 16.4. The van der Waals surface area contributed by atoms with Crippen LogP contribution in [0.25, 0.3) is 0 Å². The minimum Gasteiger partial charge on any atom is -0.495 e. The van der Waals surface area contributed by atoms with Crippen molar-refractivity contribution in [3.8, 4) is 5.75 Å². The molecule has 1 aliphatic rings. The van der Waals surface area contributed by atoms with Crippen LogP contribution in [0, 0.1) is 0 Å². The summed E-state index contributed by atoms with van der Waals surface area (Å²) in [6.07, 6.45) is 1.70. The molecular weight excluding hydrogens is 354 g/mol. The van der Waals surface area contributed by atoms with Crippen molar-refractivity contribution in [2.24, 2.45) is 0 Å². The maximum Gasteiger partial charge on any atom is 0.243 e. The van der Waals surface area contributed by atoms with Crippen molar-refractivity contribution in [3.05, 3.63) is 45.6 Å². The van der Waals surface area contributed by atoms with Gasteiger partial charge in [-0.25, -0.2) is 8.42 Å². The van der Waals surface area contributed by atoms with E-state index in [-0.39, 0.29) is 4.90 Å². The molecule has 0 N–H and O–H groups in total. The van der Waals surface area contributed by atoms with E-state index in [0.29, 0.717) is 29.8 Å². The average Bonchev–Trinajstić information content (AvgIpc) is 3.09. The van der Waals surface area contributed by atoms with Gasteiger partial charge in [-0.3, -0.25) is 0 Å². The maximum atomic E-state index is 12.8. The second-order valence-electron chi connectivity index (χ2n) is 5.49. The van der Waals surface area contributed by atoms with Crippen LogP contribution >= 0.6 is 22.9 Å². The largest absolute Gasteiger partial charge is 0.495 e. The van der Waals surface area contributed by atoms with E-state index < -0.39 is 10.0 Å². The van der Waals surface area contributed by atoms with E-state index in [1.165, 1.54) is 18.1 Å². The van der Waals surface area contributed by atoms with Gasteiger partial charge < -0.3 is 4.74 Å². The van der Waals surface area contributed by atoms with Gasteiger partial charge in [-0.2, -0.15) is 4.31 Å². The van der Waals surface area contributed by atoms with E-state index >= 15 is 0 Å². The normalized spacial score (nSPS) is 17.3. The summed E-state index contributed by atoms with van der Waals surface area (Å²) >= 11 is 7.80. The number of nitrogens with zero attached hydrogens (tertiary/aromatic N) is 1. The number of thiophene rings is 1. The van der Waals surface area contributed by atoms with Crippen molar-refractivity contribution < 1.29 is 13.2 Å². The highest BCUT2D eigenvalue weighted by atomic mass is 35.5. The quantitative estimate of drug-likeness (QED) is 0.816. The zero-order valence-electron chi connectivity index (χ0n) is 12.7. The number of sulfonamides is 1. The Balaban J connectivity index is 1.75. The number of piperidine rings is 1. The molecule has 1 fully saturated rings. The average molecular weight is 372 g/mol. The van der Waals surface area contributed by atoms with Crippen molar-refractivity contribution in [3.63, 3.8) is 0 Å². The summed E-state index contributed by atoms with van der Waals surface area (Å²) in [5, 5.41) is 2.37. The van der Waals surface area contributed by atoms with Crippen molar-refractivity contribution in [1.82, 2.24) is 4.31 Å². The molecule has 1 saturated heterocycles. The smallest absolute Gasteiger partial charge is 0.243 e. The van der Waals surface area contributed by atoms with Crippen LogP contribution in [0.2, 0.25) is 5.02 Å². The summed E-state index contributed by atoms with van der Waals surface area (Å²) in [5.74, 6) is 0.933. The Morgan fingerprint density at radius 1 is 1.26 bits per heavy atom. The lowest BCUT2D eigenvalue weighted by molar-refractivity contribution is 0.321. The molecule has 0 radical (unpaired) electrons. The van der Waals surface area contributed by atoms with Crippen LogP contribution in [-0.2, 0) is 10.0 Å². The minimum atomic E-state index is -3.51. The Morgan fingerprint density at radius 3 is 2.57 bits per heavy atom. The highest BCUT2D eigenvalue weighted by Crippen LogP contribution is 2.34. The van der Waals surface area contributed by atoms with E-state index in [1.54, 1.807) is 27.8 Å². The molecule has 1 aromatic carbocycles. The third-order valence-corrected chi connectivity index (χ3v) is 7.39. The predicted octanol–water partition coefficient (Wildman–Crippen LogP) is 3.98. The number of methoxy groups -OCH3 is 1. The Morgan fingerprint density at radius 2 is 2.00 bits per heavy atom. The Labute approximate surface area is 145 Å². The topological polar surface area (TPSA) is 46.6 Å². The summed E-state index contributed by atoms with van der Waals surface area (Å²) in [6, 6.07) is 8.77. The molecule has 0 spiro atoms. The van der Waals surface area contributed by atoms with Gasteiger partial charge in [0, 0.05) is 18.0 Å². The molecule has 3 rings (SSSR count). The fourth-order valence-electron chi connectivity index (χ4n) is 2.86. The standard InChI is InChI=1S/C16H18ClNO3S2/c1-21-15-5-4-13(11-14(15)17)23(19,20)18-8-6-12(7-9-18)16-3-2-10-22-16/h2-5,10-12H,6-9H2,1H3. The summed E-state index contributed by atoms with van der Waals surface area (Å²) in [4.78, 5) is 1.56. The van der Waals surface area contributed by atoms with Gasteiger partial charge in [0.1, 0.15) is 5.75 Å². The van der Waals surface area contributed by atoms with Crippen LogP contribution in [0.4, 0.5) is 0 Å². The molecule has 7 heteroatoms. The molecule has 0 bridgehead atoms. The zero-order valence-corrected chi connectivity index (χ0v) is 15.1. The van der Waals surface area contributed by atoms with Gasteiger partial charge in [0.15, 0.2) is 0 Å². The third-order valence-electron chi connectivity index (χ3n) is 4.16. The molecule has 2 aromatic rings. The molecule has 1 aromatic heterocycles. The molecule has 0 amide bonds. The van der Waals surface area contributed by atoms with Crippen LogP contribution in [0.15, 0.2) is 40.6 Å². The number of halogens is 1. The van der Waals surface area contributed by atoms with Gasteiger partial charge in [0.2, 0.25) is 10.0 Å². The number of hydrogen-bond donors (Lipinski definition) is 0. The SMILES string of the molecule is COc1ccc(S(=O)(=O)N2CCC(c3cccs3)CC2)cc1Cl. The third kappa shape index (κ3) is 3.40. The molecule has 0 atom stereocenters. The summed E-state index contributed by atoms with van der Waals surface area (Å²) in [6.45, 7) is 1.07. The van der Waals surface area contributed by atoms with Crippen molar-refractivity contribution >= 4 is 33.0 Å². The number of hydrogen-bond acceptors (Lipinski definition) is 4. The lowest BCUT2D eigenvalue weighted by Gasteiger charge is -2.30. The summed E-state index contributed by atoms with van der Waals surface area (Å²) in [5.41, 5.74) is 0.